The molecule has 4 nitrogen and oxygen atoms in total. The van der Waals surface area contributed by atoms with Gasteiger partial charge in [-0.3, -0.25) is 9.69 Å². The van der Waals surface area contributed by atoms with Crippen LogP contribution in [0.3, 0.4) is 0 Å². The third-order valence-electron chi connectivity index (χ3n) is 3.68. The Morgan fingerprint density at radius 1 is 0.944 bits per heavy atom. The highest BCUT2D eigenvalue weighted by Crippen LogP contribution is 2.32. The number of carbonyl (C=O) groups excluding carboxylic acids is 2. The summed E-state index contributed by atoms with van der Waals surface area (Å²) in [6, 6.07) is 9.06. The highest BCUT2D eigenvalue weighted by atomic mass is 16.2. The summed E-state index contributed by atoms with van der Waals surface area (Å²) < 4.78 is 0. The molecule has 2 aliphatic heterocycles. The third-order valence-corrected chi connectivity index (χ3v) is 3.68. The summed E-state index contributed by atoms with van der Waals surface area (Å²) in [5, 5.41) is 0. The van der Waals surface area contributed by atoms with E-state index < -0.39 is 6.04 Å². The van der Waals surface area contributed by atoms with Crippen LogP contribution >= 0.6 is 0 Å². The molecular weight excluding hydrogens is 228 g/mol. The van der Waals surface area contributed by atoms with E-state index in [1.165, 1.54) is 4.90 Å². The Balaban J connectivity index is 1.99. The van der Waals surface area contributed by atoms with Crippen LogP contribution < -0.4 is 0 Å². The van der Waals surface area contributed by atoms with Gasteiger partial charge in [-0.05, 0) is 24.8 Å². The van der Waals surface area contributed by atoms with E-state index in [-0.39, 0.29) is 11.9 Å². The molecule has 0 aliphatic carbocycles. The molecule has 0 aromatic heterocycles. The predicted octanol–water partition coefficient (Wildman–Crippen LogP) is 2.18. The maximum atomic E-state index is 12.4. The Bertz CT molecular complexity index is 472. The second-order valence-electron chi connectivity index (χ2n) is 4.84. The van der Waals surface area contributed by atoms with Crippen LogP contribution in [0.4, 0.5) is 4.79 Å². The first-order valence-corrected chi connectivity index (χ1v) is 6.46. The molecule has 2 bridgehead atoms. The van der Waals surface area contributed by atoms with Crippen molar-refractivity contribution < 1.29 is 9.59 Å². The van der Waals surface area contributed by atoms with Crippen molar-refractivity contribution >= 4 is 11.9 Å². The highest BCUT2D eigenvalue weighted by Gasteiger charge is 2.45. The van der Waals surface area contributed by atoms with E-state index in [9.17, 15) is 9.59 Å². The van der Waals surface area contributed by atoms with Crippen molar-refractivity contribution in [1.82, 2.24) is 9.80 Å². The van der Waals surface area contributed by atoms with Crippen LogP contribution in [0.2, 0.25) is 0 Å². The van der Waals surface area contributed by atoms with E-state index in [0.717, 1.165) is 24.8 Å². The zero-order chi connectivity index (χ0) is 12.5. The molecule has 2 aliphatic rings. The summed E-state index contributed by atoms with van der Waals surface area (Å²) in [6.45, 7) is 1.25. The number of hydrogen-bond donors (Lipinski definition) is 0. The van der Waals surface area contributed by atoms with Crippen molar-refractivity contribution in [1.29, 1.82) is 0 Å². The van der Waals surface area contributed by atoms with Gasteiger partial charge in [-0.1, -0.05) is 30.3 Å². The number of carbonyl (C=O) groups is 2. The van der Waals surface area contributed by atoms with Gasteiger partial charge in [0.25, 0.3) is 5.91 Å². The Labute approximate surface area is 106 Å². The maximum absolute atomic E-state index is 12.4. The smallest absolute Gasteiger partial charge is 0.308 e. The molecule has 1 atom stereocenters. The van der Waals surface area contributed by atoms with Crippen molar-refractivity contribution in [3.8, 4) is 0 Å². The number of fused-ring (bicyclic) bond motifs is 2. The zero-order valence-corrected chi connectivity index (χ0v) is 10.2. The molecule has 2 heterocycles. The fourth-order valence-corrected chi connectivity index (χ4v) is 2.76. The topological polar surface area (TPSA) is 40.6 Å². The van der Waals surface area contributed by atoms with Gasteiger partial charge in [0.1, 0.15) is 6.04 Å². The molecule has 1 aromatic rings. The molecule has 1 aromatic carbocycles. The average Bonchev–Trinajstić information content (AvgIpc) is 2.66. The van der Waals surface area contributed by atoms with E-state index in [0.29, 0.717) is 13.1 Å². The van der Waals surface area contributed by atoms with E-state index >= 15 is 0 Å². The number of urea groups is 1. The molecule has 2 saturated heterocycles. The minimum absolute atomic E-state index is 0.0619. The van der Waals surface area contributed by atoms with Gasteiger partial charge < -0.3 is 4.90 Å². The molecule has 0 spiro atoms. The molecule has 0 N–H and O–H groups in total. The number of rotatable bonds is 1. The first-order chi connectivity index (χ1) is 8.79. The molecule has 0 saturated carbocycles. The fraction of sp³-hybridized carbons (Fsp3) is 0.429. The van der Waals surface area contributed by atoms with E-state index in [1.54, 1.807) is 4.90 Å². The second-order valence-corrected chi connectivity index (χ2v) is 4.84. The lowest BCUT2D eigenvalue weighted by Crippen LogP contribution is -2.35. The summed E-state index contributed by atoms with van der Waals surface area (Å²) in [4.78, 5) is 27.7. The Morgan fingerprint density at radius 3 is 2.44 bits per heavy atom. The molecule has 2 fully saturated rings. The first kappa shape index (κ1) is 11.3. The van der Waals surface area contributed by atoms with Gasteiger partial charge in [-0.2, -0.15) is 0 Å². The molecular formula is C14H16N2O2. The fourth-order valence-electron chi connectivity index (χ4n) is 2.76. The van der Waals surface area contributed by atoms with Crippen LogP contribution in [-0.4, -0.2) is 34.8 Å². The van der Waals surface area contributed by atoms with Gasteiger partial charge in [0.05, 0.1) is 0 Å². The largest absolute Gasteiger partial charge is 0.327 e. The predicted molar refractivity (Wildman–Crippen MR) is 66.8 cm³/mol. The minimum Gasteiger partial charge on any atom is -0.308 e. The number of hydrogen-bond acceptors (Lipinski definition) is 2. The summed E-state index contributed by atoms with van der Waals surface area (Å²) in [6.07, 6.45) is 2.98. The average molecular weight is 244 g/mol. The van der Waals surface area contributed by atoms with Crippen molar-refractivity contribution in [2.75, 3.05) is 13.1 Å². The van der Waals surface area contributed by atoms with Crippen molar-refractivity contribution in [2.45, 2.75) is 25.3 Å². The Hall–Kier alpha value is -1.84. The van der Waals surface area contributed by atoms with Crippen LogP contribution in [0.1, 0.15) is 30.9 Å². The number of imide groups is 1. The lowest BCUT2D eigenvalue weighted by Gasteiger charge is -2.23. The normalized spacial score (nSPS) is 24.1. The van der Waals surface area contributed by atoms with Crippen LogP contribution in [-0.2, 0) is 4.79 Å². The number of nitrogens with zero attached hydrogens (tertiary/aromatic N) is 2. The Morgan fingerprint density at radius 2 is 1.67 bits per heavy atom. The van der Waals surface area contributed by atoms with Gasteiger partial charge in [-0.25, -0.2) is 4.79 Å². The molecule has 3 rings (SSSR count). The van der Waals surface area contributed by atoms with E-state index in [1.807, 2.05) is 30.3 Å². The van der Waals surface area contributed by atoms with Gasteiger partial charge in [0.15, 0.2) is 0 Å². The quantitative estimate of drug-likeness (QED) is 0.710. The molecule has 3 amide bonds. The van der Waals surface area contributed by atoms with Gasteiger partial charge in [0.2, 0.25) is 0 Å². The van der Waals surface area contributed by atoms with Gasteiger partial charge in [0, 0.05) is 13.1 Å². The van der Waals surface area contributed by atoms with Crippen LogP contribution in [0.5, 0.6) is 0 Å². The maximum Gasteiger partial charge on any atom is 0.327 e. The number of benzene rings is 1. The molecule has 4 heteroatoms. The summed E-state index contributed by atoms with van der Waals surface area (Å²) in [5.41, 5.74) is 0.917. The number of amides is 3. The Kier molecular flexibility index (Phi) is 2.78. The van der Waals surface area contributed by atoms with Gasteiger partial charge >= 0.3 is 6.03 Å². The van der Waals surface area contributed by atoms with Crippen molar-refractivity contribution in [3.05, 3.63) is 35.9 Å². The molecule has 0 radical (unpaired) electrons. The third kappa shape index (κ3) is 1.68. The minimum atomic E-state index is -0.406. The lowest BCUT2D eigenvalue weighted by atomic mass is 10.1. The van der Waals surface area contributed by atoms with Crippen molar-refractivity contribution in [3.63, 3.8) is 0 Å². The van der Waals surface area contributed by atoms with Crippen LogP contribution in [0, 0.1) is 0 Å². The molecule has 1 unspecified atom stereocenters. The van der Waals surface area contributed by atoms with Crippen LogP contribution in [0.15, 0.2) is 30.3 Å². The second kappa shape index (κ2) is 4.44. The summed E-state index contributed by atoms with van der Waals surface area (Å²) in [7, 11) is 0. The van der Waals surface area contributed by atoms with Crippen molar-refractivity contribution in [2.24, 2.45) is 0 Å². The monoisotopic (exact) mass is 244 g/mol. The molecule has 94 valence electrons. The summed E-state index contributed by atoms with van der Waals surface area (Å²) >= 11 is 0. The first-order valence-electron chi connectivity index (χ1n) is 6.46. The standard InChI is InChI=1S/C14H16N2O2/c17-13-12(11-7-3-1-4-8-11)15-9-5-2-6-10-16(13)14(15)18/h1,3-4,7-8,12H,2,5-6,9-10H2. The lowest BCUT2D eigenvalue weighted by molar-refractivity contribution is -0.128. The van der Waals surface area contributed by atoms with E-state index in [4.69, 9.17) is 0 Å². The SMILES string of the molecule is O=C1C(c2ccccc2)N2CCCCCN1C2=O. The summed E-state index contributed by atoms with van der Waals surface area (Å²) in [5.74, 6) is -0.0619. The van der Waals surface area contributed by atoms with Crippen LogP contribution in [0.25, 0.3) is 0 Å². The zero-order valence-electron chi connectivity index (χ0n) is 10.2. The van der Waals surface area contributed by atoms with E-state index in [2.05, 4.69) is 0 Å². The highest BCUT2D eigenvalue weighted by molar-refractivity contribution is 6.04. The van der Waals surface area contributed by atoms with Gasteiger partial charge in [-0.15, -0.1) is 0 Å². The molecule has 18 heavy (non-hydrogen) atoms.